The van der Waals surface area contributed by atoms with Crippen LogP contribution < -0.4 is 10.2 Å². The SMILES string of the molecule is CCCNC(CC)c1ccc(N2CCC=C(C)C2)cc1. The summed E-state index contributed by atoms with van der Waals surface area (Å²) in [6, 6.07) is 9.64. The Balaban J connectivity index is 2.03. The highest BCUT2D eigenvalue weighted by Crippen LogP contribution is 2.23. The molecule has 0 amide bonds. The van der Waals surface area contributed by atoms with Crippen LogP contribution in [0.4, 0.5) is 5.69 Å². The molecule has 0 fully saturated rings. The Labute approximate surface area is 123 Å². The first-order chi connectivity index (χ1) is 9.74. The molecule has 0 spiro atoms. The van der Waals surface area contributed by atoms with Gasteiger partial charge in [0.2, 0.25) is 0 Å². The van der Waals surface area contributed by atoms with Crippen LogP contribution in [-0.2, 0) is 0 Å². The number of hydrogen-bond acceptors (Lipinski definition) is 2. The number of nitrogens with zero attached hydrogens (tertiary/aromatic N) is 1. The van der Waals surface area contributed by atoms with Crippen molar-refractivity contribution in [3.8, 4) is 0 Å². The number of hydrogen-bond donors (Lipinski definition) is 1. The van der Waals surface area contributed by atoms with E-state index in [-0.39, 0.29) is 0 Å². The van der Waals surface area contributed by atoms with Crippen LogP contribution in [0.15, 0.2) is 35.9 Å². The Morgan fingerprint density at radius 1 is 1.20 bits per heavy atom. The predicted molar refractivity (Wildman–Crippen MR) is 88.4 cm³/mol. The summed E-state index contributed by atoms with van der Waals surface area (Å²) in [4.78, 5) is 2.47. The predicted octanol–water partition coefficient (Wildman–Crippen LogP) is 4.29. The molecule has 1 atom stereocenters. The van der Waals surface area contributed by atoms with Gasteiger partial charge in [0.15, 0.2) is 0 Å². The van der Waals surface area contributed by atoms with E-state index in [4.69, 9.17) is 0 Å². The fourth-order valence-electron chi connectivity index (χ4n) is 2.87. The average molecular weight is 272 g/mol. The Hall–Kier alpha value is -1.28. The monoisotopic (exact) mass is 272 g/mol. The number of rotatable bonds is 6. The molecular formula is C18H28N2. The largest absolute Gasteiger partial charge is 0.367 e. The lowest BCUT2D eigenvalue weighted by Crippen LogP contribution is -2.29. The van der Waals surface area contributed by atoms with Crippen molar-refractivity contribution in [3.05, 3.63) is 41.5 Å². The Morgan fingerprint density at radius 3 is 2.55 bits per heavy atom. The van der Waals surface area contributed by atoms with E-state index in [1.54, 1.807) is 0 Å². The molecule has 0 bridgehead atoms. The van der Waals surface area contributed by atoms with Gasteiger partial charge in [0.1, 0.15) is 0 Å². The third-order valence-corrected chi connectivity index (χ3v) is 4.04. The van der Waals surface area contributed by atoms with Crippen molar-refractivity contribution < 1.29 is 0 Å². The molecule has 1 aliphatic rings. The summed E-state index contributed by atoms with van der Waals surface area (Å²) in [7, 11) is 0. The second kappa shape index (κ2) is 7.49. The maximum atomic E-state index is 3.62. The number of anilines is 1. The molecule has 1 aliphatic heterocycles. The minimum Gasteiger partial charge on any atom is -0.367 e. The summed E-state index contributed by atoms with van der Waals surface area (Å²) in [6.45, 7) is 10.0. The van der Waals surface area contributed by atoms with E-state index >= 15 is 0 Å². The average Bonchev–Trinajstić information content (AvgIpc) is 2.49. The van der Waals surface area contributed by atoms with E-state index in [1.807, 2.05) is 0 Å². The lowest BCUT2D eigenvalue weighted by atomic mass is 10.0. The van der Waals surface area contributed by atoms with Crippen LogP contribution in [0.1, 0.15) is 51.6 Å². The first-order valence-electron chi connectivity index (χ1n) is 7.98. The molecule has 1 N–H and O–H groups in total. The van der Waals surface area contributed by atoms with Gasteiger partial charge in [0, 0.05) is 24.8 Å². The van der Waals surface area contributed by atoms with Crippen LogP contribution in [0.25, 0.3) is 0 Å². The van der Waals surface area contributed by atoms with Gasteiger partial charge in [-0.2, -0.15) is 0 Å². The number of nitrogens with one attached hydrogen (secondary N) is 1. The maximum absolute atomic E-state index is 3.62. The molecular weight excluding hydrogens is 244 g/mol. The topological polar surface area (TPSA) is 15.3 Å². The van der Waals surface area contributed by atoms with Crippen LogP contribution in [0.2, 0.25) is 0 Å². The standard InChI is InChI=1S/C18H28N2/c1-4-12-19-18(5-2)16-8-10-17(11-9-16)20-13-6-7-15(3)14-20/h7-11,18-19H,4-6,12-14H2,1-3H3. The van der Waals surface area contributed by atoms with Crippen molar-refractivity contribution in [1.29, 1.82) is 0 Å². The summed E-state index contributed by atoms with van der Waals surface area (Å²) in [6.07, 6.45) is 5.86. The zero-order chi connectivity index (χ0) is 14.4. The highest BCUT2D eigenvalue weighted by molar-refractivity contribution is 5.50. The van der Waals surface area contributed by atoms with Crippen LogP contribution in [0, 0.1) is 0 Å². The quantitative estimate of drug-likeness (QED) is 0.777. The Bertz CT molecular complexity index is 433. The molecule has 0 saturated heterocycles. The fraction of sp³-hybridized carbons (Fsp3) is 0.556. The van der Waals surface area contributed by atoms with Gasteiger partial charge in [-0.3, -0.25) is 0 Å². The van der Waals surface area contributed by atoms with E-state index in [1.165, 1.54) is 29.7 Å². The lowest BCUT2D eigenvalue weighted by Gasteiger charge is -2.28. The van der Waals surface area contributed by atoms with Gasteiger partial charge in [-0.25, -0.2) is 0 Å². The van der Waals surface area contributed by atoms with Crippen LogP contribution in [-0.4, -0.2) is 19.6 Å². The van der Waals surface area contributed by atoms with Crippen molar-refractivity contribution in [3.63, 3.8) is 0 Å². The van der Waals surface area contributed by atoms with E-state index in [2.05, 4.69) is 61.3 Å². The van der Waals surface area contributed by atoms with E-state index in [0.29, 0.717) is 6.04 Å². The molecule has 110 valence electrons. The molecule has 1 aromatic carbocycles. The molecule has 2 heteroatoms. The maximum Gasteiger partial charge on any atom is 0.0386 e. The zero-order valence-electron chi connectivity index (χ0n) is 13.2. The Morgan fingerprint density at radius 2 is 1.95 bits per heavy atom. The van der Waals surface area contributed by atoms with E-state index in [9.17, 15) is 0 Å². The summed E-state index contributed by atoms with van der Waals surface area (Å²) < 4.78 is 0. The van der Waals surface area contributed by atoms with Gasteiger partial charge in [-0.05, 0) is 50.4 Å². The minimum absolute atomic E-state index is 0.493. The summed E-state index contributed by atoms with van der Waals surface area (Å²) in [5.41, 5.74) is 4.25. The highest BCUT2D eigenvalue weighted by atomic mass is 15.1. The molecule has 0 aromatic heterocycles. The molecule has 1 heterocycles. The first kappa shape index (κ1) is 15.1. The molecule has 0 aliphatic carbocycles. The fourth-order valence-corrected chi connectivity index (χ4v) is 2.87. The number of benzene rings is 1. The summed E-state index contributed by atoms with van der Waals surface area (Å²) in [5.74, 6) is 0. The molecule has 2 nitrogen and oxygen atoms in total. The van der Waals surface area contributed by atoms with Gasteiger partial charge in [-0.1, -0.05) is 37.6 Å². The van der Waals surface area contributed by atoms with Crippen LogP contribution in [0.3, 0.4) is 0 Å². The van der Waals surface area contributed by atoms with Crippen molar-refractivity contribution in [2.45, 2.75) is 46.1 Å². The third kappa shape index (κ3) is 3.86. The smallest absolute Gasteiger partial charge is 0.0386 e. The molecule has 2 rings (SSSR count). The normalized spacial score (nSPS) is 16.9. The third-order valence-electron chi connectivity index (χ3n) is 4.04. The lowest BCUT2D eigenvalue weighted by molar-refractivity contribution is 0.518. The van der Waals surface area contributed by atoms with Crippen LogP contribution >= 0.6 is 0 Å². The van der Waals surface area contributed by atoms with Gasteiger partial charge in [0.05, 0.1) is 0 Å². The van der Waals surface area contributed by atoms with Gasteiger partial charge >= 0.3 is 0 Å². The molecule has 1 unspecified atom stereocenters. The highest BCUT2D eigenvalue weighted by Gasteiger charge is 2.12. The van der Waals surface area contributed by atoms with Gasteiger partial charge in [-0.15, -0.1) is 0 Å². The molecule has 20 heavy (non-hydrogen) atoms. The van der Waals surface area contributed by atoms with Gasteiger partial charge < -0.3 is 10.2 Å². The van der Waals surface area contributed by atoms with Crippen molar-refractivity contribution >= 4 is 5.69 Å². The van der Waals surface area contributed by atoms with Crippen LogP contribution in [0.5, 0.6) is 0 Å². The van der Waals surface area contributed by atoms with Gasteiger partial charge in [0.25, 0.3) is 0 Å². The second-order valence-electron chi connectivity index (χ2n) is 5.77. The minimum atomic E-state index is 0.493. The molecule has 1 aromatic rings. The summed E-state index contributed by atoms with van der Waals surface area (Å²) in [5, 5.41) is 3.62. The molecule has 0 radical (unpaired) electrons. The molecule has 0 saturated carbocycles. The summed E-state index contributed by atoms with van der Waals surface area (Å²) >= 11 is 0. The van der Waals surface area contributed by atoms with Crippen molar-refractivity contribution in [2.24, 2.45) is 0 Å². The Kier molecular flexibility index (Phi) is 5.66. The first-order valence-corrected chi connectivity index (χ1v) is 7.98. The van der Waals surface area contributed by atoms with E-state index < -0.39 is 0 Å². The van der Waals surface area contributed by atoms with Crippen molar-refractivity contribution in [2.75, 3.05) is 24.5 Å². The van der Waals surface area contributed by atoms with E-state index in [0.717, 1.165) is 26.1 Å². The zero-order valence-corrected chi connectivity index (χ0v) is 13.2. The second-order valence-corrected chi connectivity index (χ2v) is 5.77. The van der Waals surface area contributed by atoms with Crippen molar-refractivity contribution in [1.82, 2.24) is 5.32 Å².